The van der Waals surface area contributed by atoms with Crippen LogP contribution in [0.1, 0.15) is 24.4 Å². The van der Waals surface area contributed by atoms with Gasteiger partial charge in [0, 0.05) is 23.6 Å². The first kappa shape index (κ1) is 17.6. The van der Waals surface area contributed by atoms with Crippen molar-refractivity contribution < 1.29 is 22.6 Å². The molecule has 0 saturated carbocycles. The molecule has 0 aliphatic carbocycles. The maximum atomic E-state index is 11.2. The minimum Gasteiger partial charge on any atom is -0.493 e. The van der Waals surface area contributed by atoms with Crippen molar-refractivity contribution in [1.29, 1.82) is 0 Å². The second-order valence-corrected chi connectivity index (χ2v) is 7.06. The molecule has 2 N–H and O–H groups in total. The summed E-state index contributed by atoms with van der Waals surface area (Å²) in [7, 11) is 1.63. The van der Waals surface area contributed by atoms with Gasteiger partial charge in [0.05, 0.1) is 21.3 Å². The summed E-state index contributed by atoms with van der Waals surface area (Å²) >= 11 is 0. The first-order valence-electron chi connectivity index (χ1n) is 6.56. The summed E-state index contributed by atoms with van der Waals surface area (Å²) in [5.74, 6) is 1.68. The van der Waals surface area contributed by atoms with E-state index < -0.39 is 9.84 Å². The van der Waals surface area contributed by atoms with E-state index in [1.807, 2.05) is 6.07 Å². The highest BCUT2D eigenvalue weighted by Gasteiger charge is 2.20. The van der Waals surface area contributed by atoms with Gasteiger partial charge in [-0.25, -0.2) is 8.42 Å². The molecule has 1 unspecified atom stereocenters. The van der Waals surface area contributed by atoms with Gasteiger partial charge in [-0.2, -0.15) is 0 Å². The lowest BCUT2D eigenvalue weighted by Gasteiger charge is -2.19. The summed E-state index contributed by atoms with van der Waals surface area (Å²) in [5.41, 5.74) is 6.91. The van der Waals surface area contributed by atoms with Crippen LogP contribution in [0.3, 0.4) is 0 Å². The Morgan fingerprint density at radius 2 is 1.71 bits per heavy atom. The molecule has 6 nitrogen and oxygen atoms in total. The fourth-order valence-corrected chi connectivity index (χ4v) is 2.83. The van der Waals surface area contributed by atoms with Gasteiger partial charge in [-0.05, 0) is 25.0 Å². The lowest BCUT2D eigenvalue weighted by Crippen LogP contribution is -2.14. The van der Waals surface area contributed by atoms with Crippen molar-refractivity contribution in [1.82, 2.24) is 0 Å². The van der Waals surface area contributed by atoms with Crippen molar-refractivity contribution in [2.75, 3.05) is 33.3 Å². The second-order valence-electron chi connectivity index (χ2n) is 4.80. The Balaban J connectivity index is 2.96. The summed E-state index contributed by atoms with van der Waals surface area (Å²) in [4.78, 5) is 0. The molecular formula is C14H23NO5S. The normalized spacial score (nSPS) is 12.8. The molecule has 1 aromatic rings. The molecule has 0 aliphatic heterocycles. The monoisotopic (exact) mass is 317 g/mol. The summed E-state index contributed by atoms with van der Waals surface area (Å²) in [5, 5.41) is 0. The molecule has 0 saturated heterocycles. The summed E-state index contributed by atoms with van der Waals surface area (Å²) < 4.78 is 38.2. The minimum atomic E-state index is -2.97. The average Bonchev–Trinajstić information content (AvgIpc) is 2.43. The molecule has 0 spiro atoms. The first-order chi connectivity index (χ1) is 9.84. The second kappa shape index (κ2) is 7.51. The topological polar surface area (TPSA) is 87.9 Å². The van der Waals surface area contributed by atoms with Crippen LogP contribution in [0.5, 0.6) is 17.2 Å². The van der Waals surface area contributed by atoms with Crippen LogP contribution in [-0.4, -0.2) is 41.8 Å². The molecule has 0 fully saturated rings. The van der Waals surface area contributed by atoms with E-state index >= 15 is 0 Å². The van der Waals surface area contributed by atoms with Crippen LogP contribution in [-0.2, 0) is 9.84 Å². The third-order valence-corrected chi connectivity index (χ3v) is 4.19. The summed E-state index contributed by atoms with van der Waals surface area (Å²) in [6.07, 6.45) is 2.26. The number of methoxy groups -OCH3 is 3. The number of nitrogens with two attached hydrogens (primary N) is 1. The van der Waals surface area contributed by atoms with E-state index in [2.05, 4.69) is 0 Å². The lowest BCUT2D eigenvalue weighted by atomic mass is 10.0. The zero-order chi connectivity index (χ0) is 16.0. The molecule has 0 amide bonds. The zero-order valence-electron chi connectivity index (χ0n) is 12.9. The number of ether oxygens (including phenoxy) is 3. The van der Waals surface area contributed by atoms with Crippen LogP contribution in [0, 0.1) is 0 Å². The molecule has 120 valence electrons. The van der Waals surface area contributed by atoms with Crippen molar-refractivity contribution in [2.45, 2.75) is 18.9 Å². The number of hydrogen-bond acceptors (Lipinski definition) is 6. The van der Waals surface area contributed by atoms with Gasteiger partial charge in [0.15, 0.2) is 11.5 Å². The Labute approximate surface area is 126 Å². The van der Waals surface area contributed by atoms with Crippen molar-refractivity contribution in [2.24, 2.45) is 5.73 Å². The summed E-state index contributed by atoms with van der Waals surface area (Å²) in [6.45, 7) is 0. The minimum absolute atomic E-state index is 0.121. The van der Waals surface area contributed by atoms with E-state index in [-0.39, 0.29) is 11.8 Å². The predicted molar refractivity (Wildman–Crippen MR) is 82.0 cm³/mol. The number of hydrogen-bond donors (Lipinski definition) is 1. The van der Waals surface area contributed by atoms with E-state index in [4.69, 9.17) is 19.9 Å². The Morgan fingerprint density at radius 1 is 1.10 bits per heavy atom. The number of sulfone groups is 1. The Hall–Kier alpha value is -1.47. The highest BCUT2D eigenvalue weighted by Crippen LogP contribution is 2.42. The Bertz CT molecular complexity index is 571. The molecule has 1 atom stereocenters. The number of benzene rings is 1. The van der Waals surface area contributed by atoms with Gasteiger partial charge in [0.2, 0.25) is 5.75 Å². The molecule has 0 bridgehead atoms. The average molecular weight is 317 g/mol. The van der Waals surface area contributed by atoms with Gasteiger partial charge in [0.25, 0.3) is 0 Å². The molecule has 0 aliphatic rings. The van der Waals surface area contributed by atoms with E-state index in [0.717, 1.165) is 5.56 Å². The van der Waals surface area contributed by atoms with E-state index in [9.17, 15) is 8.42 Å². The molecule has 1 rings (SSSR count). The van der Waals surface area contributed by atoms with Crippen LogP contribution < -0.4 is 19.9 Å². The van der Waals surface area contributed by atoms with Gasteiger partial charge >= 0.3 is 0 Å². The van der Waals surface area contributed by atoms with Gasteiger partial charge in [0.1, 0.15) is 9.84 Å². The van der Waals surface area contributed by atoms with Crippen molar-refractivity contribution in [3.05, 3.63) is 17.7 Å². The molecule has 0 aromatic heterocycles. The molecule has 1 aromatic carbocycles. The molecular weight excluding hydrogens is 294 g/mol. The van der Waals surface area contributed by atoms with Gasteiger partial charge in [-0.15, -0.1) is 0 Å². The maximum Gasteiger partial charge on any atom is 0.203 e. The van der Waals surface area contributed by atoms with Crippen LogP contribution in [0.4, 0.5) is 0 Å². The Kier molecular flexibility index (Phi) is 6.29. The van der Waals surface area contributed by atoms with Crippen LogP contribution >= 0.6 is 0 Å². The summed E-state index contributed by atoms with van der Waals surface area (Å²) in [6, 6.07) is 3.24. The smallest absolute Gasteiger partial charge is 0.203 e. The SMILES string of the molecule is COc1ccc(C(N)CCCS(C)(=O)=O)c(OC)c1OC. The number of rotatable bonds is 8. The largest absolute Gasteiger partial charge is 0.493 e. The molecule has 7 heteroatoms. The van der Waals surface area contributed by atoms with E-state index in [1.54, 1.807) is 13.2 Å². The van der Waals surface area contributed by atoms with Crippen LogP contribution in [0.2, 0.25) is 0 Å². The van der Waals surface area contributed by atoms with Crippen molar-refractivity contribution in [3.63, 3.8) is 0 Å². The van der Waals surface area contributed by atoms with E-state index in [0.29, 0.717) is 30.1 Å². The fourth-order valence-electron chi connectivity index (χ4n) is 2.14. The molecule has 0 radical (unpaired) electrons. The highest BCUT2D eigenvalue weighted by atomic mass is 32.2. The first-order valence-corrected chi connectivity index (χ1v) is 8.62. The third kappa shape index (κ3) is 4.78. The standard InChI is InChI=1S/C14H23NO5S/c1-18-12-8-7-10(13(19-2)14(12)20-3)11(15)6-5-9-21(4,16)17/h7-8,11H,5-6,9,15H2,1-4H3. The van der Waals surface area contributed by atoms with Gasteiger partial charge in [-0.3, -0.25) is 0 Å². The Morgan fingerprint density at radius 3 is 2.19 bits per heavy atom. The maximum absolute atomic E-state index is 11.2. The lowest BCUT2D eigenvalue weighted by molar-refractivity contribution is 0.320. The van der Waals surface area contributed by atoms with Crippen LogP contribution in [0.15, 0.2) is 12.1 Å². The van der Waals surface area contributed by atoms with E-state index in [1.165, 1.54) is 20.5 Å². The zero-order valence-corrected chi connectivity index (χ0v) is 13.7. The predicted octanol–water partition coefficient (Wildman–Crippen LogP) is 1.54. The van der Waals surface area contributed by atoms with Gasteiger partial charge < -0.3 is 19.9 Å². The third-order valence-electron chi connectivity index (χ3n) is 3.16. The molecule has 21 heavy (non-hydrogen) atoms. The highest BCUT2D eigenvalue weighted by molar-refractivity contribution is 7.90. The van der Waals surface area contributed by atoms with Crippen LogP contribution in [0.25, 0.3) is 0 Å². The quantitative estimate of drug-likeness (QED) is 0.782. The molecule has 0 heterocycles. The van der Waals surface area contributed by atoms with Crippen molar-refractivity contribution >= 4 is 9.84 Å². The fraction of sp³-hybridized carbons (Fsp3) is 0.571. The van der Waals surface area contributed by atoms with Crippen molar-refractivity contribution in [3.8, 4) is 17.2 Å². The van der Waals surface area contributed by atoms with Gasteiger partial charge in [-0.1, -0.05) is 0 Å².